The highest BCUT2D eigenvalue weighted by Crippen LogP contribution is 2.47. The SMILES string of the molecule is Cc1nc(C(F)(F)F)ccc1C(=O)N1CC[C@]2(C=C(N)C(=O)C(C)(C)C2)C1. The van der Waals surface area contributed by atoms with Gasteiger partial charge in [0.1, 0.15) is 5.69 Å². The summed E-state index contributed by atoms with van der Waals surface area (Å²) < 4.78 is 38.3. The maximum atomic E-state index is 12.8. The zero-order valence-corrected chi connectivity index (χ0v) is 15.5. The standard InChI is InChI=1S/C19H22F3N3O2/c1-11-12(4-5-14(24-11)19(20,21)22)16(27)25-7-6-18(10-25)8-13(23)15(26)17(2,3)9-18/h4-5,8H,6-7,9-10,23H2,1-3H3/t18-/m1/s1. The number of aromatic nitrogens is 1. The maximum Gasteiger partial charge on any atom is 0.433 e. The van der Waals surface area contributed by atoms with E-state index in [1.807, 2.05) is 13.8 Å². The Morgan fingerprint density at radius 1 is 1.30 bits per heavy atom. The van der Waals surface area contributed by atoms with Gasteiger partial charge in [-0.2, -0.15) is 13.2 Å². The number of carbonyl (C=O) groups excluding carboxylic acids is 2. The van der Waals surface area contributed by atoms with Crippen LogP contribution in [0.4, 0.5) is 13.2 Å². The molecule has 3 rings (SSSR count). The van der Waals surface area contributed by atoms with Crippen LogP contribution in [0.25, 0.3) is 0 Å². The van der Waals surface area contributed by atoms with E-state index < -0.39 is 17.3 Å². The highest BCUT2D eigenvalue weighted by atomic mass is 19.4. The number of likely N-dealkylation sites (tertiary alicyclic amines) is 1. The summed E-state index contributed by atoms with van der Waals surface area (Å²) in [7, 11) is 0. The van der Waals surface area contributed by atoms with Crippen molar-refractivity contribution < 1.29 is 22.8 Å². The Morgan fingerprint density at radius 2 is 1.96 bits per heavy atom. The number of hydrogen-bond acceptors (Lipinski definition) is 4. The summed E-state index contributed by atoms with van der Waals surface area (Å²) in [5, 5.41) is 0. The predicted molar refractivity (Wildman–Crippen MR) is 92.6 cm³/mol. The third-order valence-electron chi connectivity index (χ3n) is 5.41. The molecule has 2 N–H and O–H groups in total. The third-order valence-corrected chi connectivity index (χ3v) is 5.41. The van der Waals surface area contributed by atoms with Gasteiger partial charge in [-0.3, -0.25) is 9.59 Å². The van der Waals surface area contributed by atoms with Gasteiger partial charge in [0, 0.05) is 23.9 Å². The summed E-state index contributed by atoms with van der Waals surface area (Å²) in [6, 6.07) is 2.00. The Labute approximate surface area is 155 Å². The first-order valence-corrected chi connectivity index (χ1v) is 8.72. The minimum absolute atomic E-state index is 0.0463. The number of carbonyl (C=O) groups is 2. The molecule has 1 saturated heterocycles. The fourth-order valence-electron chi connectivity index (χ4n) is 4.24. The number of pyridine rings is 1. The zero-order chi connectivity index (χ0) is 20.2. The Balaban J connectivity index is 1.84. The molecule has 1 aromatic heterocycles. The highest BCUT2D eigenvalue weighted by molar-refractivity contribution is 6.00. The smallest absolute Gasteiger partial charge is 0.396 e. The number of aryl methyl sites for hydroxylation is 1. The fraction of sp³-hybridized carbons (Fsp3) is 0.526. The summed E-state index contributed by atoms with van der Waals surface area (Å²) in [6.45, 7) is 5.91. The van der Waals surface area contributed by atoms with E-state index in [1.165, 1.54) is 13.0 Å². The molecule has 0 saturated carbocycles. The first-order chi connectivity index (χ1) is 12.3. The van der Waals surface area contributed by atoms with Crippen molar-refractivity contribution in [2.45, 2.75) is 39.8 Å². The first kappa shape index (κ1) is 19.4. The number of nitrogens with two attached hydrogens (primary N) is 1. The number of halogens is 3. The van der Waals surface area contributed by atoms with Crippen molar-refractivity contribution in [3.05, 3.63) is 40.9 Å². The number of hydrogen-bond donors (Lipinski definition) is 1. The molecule has 1 aromatic rings. The zero-order valence-electron chi connectivity index (χ0n) is 15.5. The maximum absolute atomic E-state index is 12.8. The number of allylic oxidation sites excluding steroid dienone is 1. The summed E-state index contributed by atoms with van der Waals surface area (Å²) in [4.78, 5) is 30.2. The normalized spacial score (nSPS) is 25.0. The number of ketones is 1. The van der Waals surface area contributed by atoms with Crippen molar-refractivity contribution in [2.75, 3.05) is 13.1 Å². The van der Waals surface area contributed by atoms with Gasteiger partial charge in [-0.25, -0.2) is 4.98 Å². The number of Topliss-reactive ketones (excluding diaryl/α,β-unsaturated/α-hetero) is 1. The van der Waals surface area contributed by atoms with Crippen molar-refractivity contribution in [3.8, 4) is 0 Å². The number of rotatable bonds is 1. The quantitative estimate of drug-likeness (QED) is 0.811. The Hall–Kier alpha value is -2.38. The second-order valence-corrected chi connectivity index (χ2v) is 8.16. The van der Waals surface area contributed by atoms with Crippen LogP contribution in [0.15, 0.2) is 23.9 Å². The molecular formula is C19H22F3N3O2. The second kappa shape index (κ2) is 6.07. The van der Waals surface area contributed by atoms with E-state index in [0.717, 1.165) is 6.07 Å². The number of nitrogens with zero attached hydrogens (tertiary/aromatic N) is 2. The molecule has 1 amide bonds. The van der Waals surface area contributed by atoms with Crippen LogP contribution in [-0.2, 0) is 11.0 Å². The molecule has 2 aliphatic rings. The fourth-order valence-corrected chi connectivity index (χ4v) is 4.24. The van der Waals surface area contributed by atoms with Crippen molar-refractivity contribution in [3.63, 3.8) is 0 Å². The molecule has 5 nitrogen and oxygen atoms in total. The molecule has 146 valence electrons. The van der Waals surface area contributed by atoms with Crippen LogP contribution in [0.5, 0.6) is 0 Å². The van der Waals surface area contributed by atoms with Gasteiger partial charge < -0.3 is 10.6 Å². The Bertz CT molecular complexity index is 845. The van der Waals surface area contributed by atoms with Gasteiger partial charge in [-0.1, -0.05) is 13.8 Å². The van der Waals surface area contributed by atoms with Gasteiger partial charge in [-0.15, -0.1) is 0 Å². The highest BCUT2D eigenvalue weighted by Gasteiger charge is 2.48. The lowest BCUT2D eigenvalue weighted by Gasteiger charge is -2.39. The molecule has 2 heterocycles. The summed E-state index contributed by atoms with van der Waals surface area (Å²) in [5.74, 6) is -0.451. The van der Waals surface area contributed by atoms with Crippen molar-refractivity contribution in [1.82, 2.24) is 9.88 Å². The van der Waals surface area contributed by atoms with Gasteiger partial charge in [-0.05, 0) is 38.0 Å². The van der Waals surface area contributed by atoms with Crippen LogP contribution in [0.3, 0.4) is 0 Å². The summed E-state index contributed by atoms with van der Waals surface area (Å²) in [6.07, 6.45) is -1.56. The van der Waals surface area contributed by atoms with Crippen molar-refractivity contribution in [2.24, 2.45) is 16.6 Å². The van der Waals surface area contributed by atoms with Crippen LogP contribution in [-0.4, -0.2) is 34.7 Å². The molecular weight excluding hydrogens is 359 g/mol. The van der Waals surface area contributed by atoms with Crippen molar-refractivity contribution >= 4 is 11.7 Å². The van der Waals surface area contributed by atoms with Gasteiger partial charge >= 0.3 is 6.18 Å². The predicted octanol–water partition coefficient (Wildman–Crippen LogP) is 3.08. The Kier molecular flexibility index (Phi) is 4.36. The molecule has 0 aromatic carbocycles. The molecule has 0 radical (unpaired) electrons. The lowest BCUT2D eigenvalue weighted by molar-refractivity contribution is -0.141. The van der Waals surface area contributed by atoms with E-state index in [9.17, 15) is 22.8 Å². The molecule has 1 fully saturated rings. The molecule has 1 spiro atoms. The minimum Gasteiger partial charge on any atom is -0.396 e. The summed E-state index contributed by atoms with van der Waals surface area (Å²) >= 11 is 0. The van der Waals surface area contributed by atoms with E-state index in [4.69, 9.17) is 5.73 Å². The molecule has 0 unspecified atom stereocenters. The average Bonchev–Trinajstić information content (AvgIpc) is 2.94. The topological polar surface area (TPSA) is 76.3 Å². The van der Waals surface area contributed by atoms with E-state index in [0.29, 0.717) is 25.9 Å². The molecule has 27 heavy (non-hydrogen) atoms. The van der Waals surface area contributed by atoms with Gasteiger partial charge in [0.2, 0.25) is 0 Å². The van der Waals surface area contributed by atoms with Gasteiger partial charge in [0.15, 0.2) is 5.78 Å². The van der Waals surface area contributed by atoms with E-state index >= 15 is 0 Å². The average molecular weight is 381 g/mol. The van der Waals surface area contributed by atoms with Crippen LogP contribution >= 0.6 is 0 Å². The van der Waals surface area contributed by atoms with E-state index in [2.05, 4.69) is 4.98 Å². The van der Waals surface area contributed by atoms with Crippen LogP contribution in [0, 0.1) is 17.8 Å². The van der Waals surface area contributed by atoms with E-state index in [1.54, 1.807) is 11.0 Å². The second-order valence-electron chi connectivity index (χ2n) is 8.16. The van der Waals surface area contributed by atoms with Gasteiger partial charge in [0.05, 0.1) is 17.0 Å². The first-order valence-electron chi connectivity index (χ1n) is 8.72. The third kappa shape index (κ3) is 3.44. The van der Waals surface area contributed by atoms with Crippen LogP contribution in [0.1, 0.15) is 48.4 Å². The largest absolute Gasteiger partial charge is 0.433 e. The van der Waals surface area contributed by atoms with Crippen LogP contribution < -0.4 is 5.73 Å². The van der Waals surface area contributed by atoms with Gasteiger partial charge in [0.25, 0.3) is 5.91 Å². The van der Waals surface area contributed by atoms with Crippen molar-refractivity contribution in [1.29, 1.82) is 0 Å². The Morgan fingerprint density at radius 3 is 2.52 bits per heavy atom. The minimum atomic E-state index is -4.55. The molecule has 1 aliphatic carbocycles. The van der Waals surface area contributed by atoms with Crippen LogP contribution in [0.2, 0.25) is 0 Å². The lowest BCUT2D eigenvalue weighted by Crippen LogP contribution is -2.42. The monoisotopic (exact) mass is 381 g/mol. The molecule has 8 heteroatoms. The lowest BCUT2D eigenvalue weighted by atomic mass is 9.65. The number of amides is 1. The van der Waals surface area contributed by atoms with E-state index in [-0.39, 0.29) is 34.1 Å². The summed E-state index contributed by atoms with van der Waals surface area (Å²) in [5.41, 5.74) is 4.32. The molecule has 0 bridgehead atoms. The molecule has 1 atom stereocenters. The number of alkyl halides is 3. The molecule has 1 aliphatic heterocycles.